The van der Waals surface area contributed by atoms with Crippen molar-refractivity contribution in [1.29, 1.82) is 0 Å². The zero-order chi connectivity index (χ0) is 10.7. The maximum Gasteiger partial charge on any atom is 0.231 e. The van der Waals surface area contributed by atoms with Gasteiger partial charge in [0.25, 0.3) is 0 Å². The van der Waals surface area contributed by atoms with Gasteiger partial charge in [0.1, 0.15) is 6.67 Å². The average molecular weight is 211 g/mol. The molecule has 3 nitrogen and oxygen atoms in total. The van der Waals surface area contributed by atoms with E-state index in [0.29, 0.717) is 11.3 Å². The monoisotopic (exact) mass is 211 g/mol. The van der Waals surface area contributed by atoms with Crippen LogP contribution >= 0.6 is 0 Å². The van der Waals surface area contributed by atoms with E-state index in [1.165, 1.54) is 0 Å². The lowest BCUT2D eigenvalue weighted by Gasteiger charge is -2.07. The zero-order valence-electron chi connectivity index (χ0n) is 8.68. The van der Waals surface area contributed by atoms with E-state index < -0.39 is 6.67 Å². The van der Waals surface area contributed by atoms with Gasteiger partial charge in [-0.05, 0) is 43.3 Å². The molecule has 1 aliphatic rings. The van der Waals surface area contributed by atoms with Crippen molar-refractivity contribution in [3.05, 3.63) is 23.3 Å². The summed E-state index contributed by atoms with van der Waals surface area (Å²) in [5, 5.41) is 3.05. The third-order valence-electron chi connectivity index (χ3n) is 2.41. The Hall–Kier alpha value is -1.29. The van der Waals surface area contributed by atoms with Gasteiger partial charge in [-0.3, -0.25) is 0 Å². The fraction of sp³-hybridized carbons (Fsp3) is 0.455. The van der Waals surface area contributed by atoms with E-state index in [9.17, 15) is 4.39 Å². The van der Waals surface area contributed by atoms with Gasteiger partial charge in [-0.25, -0.2) is 4.39 Å². The Bertz CT molecular complexity index is 355. The Morgan fingerprint density at radius 3 is 3.00 bits per heavy atom. The number of ether oxygens (including phenoxy) is 2. The van der Waals surface area contributed by atoms with Crippen molar-refractivity contribution in [3.63, 3.8) is 0 Å². The third kappa shape index (κ3) is 2.04. The third-order valence-corrected chi connectivity index (χ3v) is 2.41. The van der Waals surface area contributed by atoms with Crippen LogP contribution in [0.15, 0.2) is 12.1 Å². The van der Waals surface area contributed by atoms with E-state index in [0.717, 1.165) is 24.3 Å². The van der Waals surface area contributed by atoms with Crippen LogP contribution in [-0.2, 0) is 13.1 Å². The highest BCUT2D eigenvalue weighted by Gasteiger charge is 2.18. The fourth-order valence-corrected chi connectivity index (χ4v) is 1.67. The quantitative estimate of drug-likeness (QED) is 0.821. The molecule has 0 spiro atoms. The lowest BCUT2D eigenvalue weighted by atomic mass is 10.1. The summed E-state index contributed by atoms with van der Waals surface area (Å²) in [5.41, 5.74) is 1.65. The summed E-state index contributed by atoms with van der Waals surface area (Å²) in [6, 6.07) is 3.54. The molecule has 0 aromatic heterocycles. The van der Waals surface area contributed by atoms with E-state index in [2.05, 4.69) is 5.32 Å². The Morgan fingerprint density at radius 2 is 2.27 bits per heavy atom. The second-order valence-corrected chi connectivity index (χ2v) is 3.48. The summed E-state index contributed by atoms with van der Waals surface area (Å²) >= 11 is 0. The summed E-state index contributed by atoms with van der Waals surface area (Å²) in [5.74, 6) is 1.43. The first-order valence-corrected chi connectivity index (χ1v) is 4.97. The van der Waals surface area contributed by atoms with Crippen LogP contribution in [0.4, 0.5) is 4.39 Å². The largest absolute Gasteiger partial charge is 0.454 e. The number of alkyl halides is 1. The van der Waals surface area contributed by atoms with Gasteiger partial charge in [-0.15, -0.1) is 0 Å². The summed E-state index contributed by atoms with van der Waals surface area (Å²) < 4.78 is 23.2. The minimum absolute atomic E-state index is 0.234. The molecule has 4 heteroatoms. The van der Waals surface area contributed by atoms with Crippen LogP contribution in [0.25, 0.3) is 0 Å². The predicted molar refractivity (Wildman–Crippen MR) is 55.0 cm³/mol. The van der Waals surface area contributed by atoms with Crippen LogP contribution in [0.2, 0.25) is 0 Å². The van der Waals surface area contributed by atoms with Crippen molar-refractivity contribution >= 4 is 0 Å². The second-order valence-electron chi connectivity index (χ2n) is 3.48. The first kappa shape index (κ1) is 10.2. The van der Waals surface area contributed by atoms with E-state index in [4.69, 9.17) is 9.47 Å². The van der Waals surface area contributed by atoms with Crippen molar-refractivity contribution in [2.45, 2.75) is 13.1 Å². The van der Waals surface area contributed by atoms with E-state index in [1.807, 2.05) is 13.1 Å². The van der Waals surface area contributed by atoms with E-state index in [1.54, 1.807) is 6.07 Å². The number of rotatable bonds is 4. The minimum Gasteiger partial charge on any atom is -0.454 e. The highest BCUT2D eigenvalue weighted by Crippen LogP contribution is 2.37. The summed E-state index contributed by atoms with van der Waals surface area (Å²) in [6.45, 7) is 0.604. The van der Waals surface area contributed by atoms with Crippen molar-refractivity contribution < 1.29 is 13.9 Å². The van der Waals surface area contributed by atoms with Crippen LogP contribution in [0.3, 0.4) is 0 Å². The van der Waals surface area contributed by atoms with Gasteiger partial charge >= 0.3 is 0 Å². The predicted octanol–water partition coefficient (Wildman–Crippen LogP) is 1.65. The van der Waals surface area contributed by atoms with Crippen molar-refractivity contribution in [3.8, 4) is 11.5 Å². The minimum atomic E-state index is -0.469. The summed E-state index contributed by atoms with van der Waals surface area (Å²) in [4.78, 5) is 0. The molecular weight excluding hydrogens is 197 g/mol. The highest BCUT2D eigenvalue weighted by atomic mass is 19.1. The maximum atomic E-state index is 12.6. The lowest BCUT2D eigenvalue weighted by Crippen LogP contribution is -2.10. The van der Waals surface area contributed by atoms with Crippen molar-refractivity contribution in [1.82, 2.24) is 5.32 Å². The molecule has 0 amide bonds. The molecule has 0 aliphatic carbocycles. The molecule has 0 unspecified atom stereocenters. The molecular formula is C11H14FNO2. The normalized spacial score (nSPS) is 13.2. The van der Waals surface area contributed by atoms with Crippen molar-refractivity contribution in [2.24, 2.45) is 0 Å². The molecule has 1 N–H and O–H groups in total. The molecule has 1 heterocycles. The maximum absolute atomic E-state index is 12.6. The van der Waals surface area contributed by atoms with Gasteiger partial charge < -0.3 is 14.8 Å². The number of benzene rings is 1. The van der Waals surface area contributed by atoms with Crippen LogP contribution in [-0.4, -0.2) is 20.4 Å². The first-order chi connectivity index (χ1) is 7.35. The van der Waals surface area contributed by atoms with Crippen LogP contribution in [0, 0.1) is 0 Å². The standard InChI is InChI=1S/C11H14FNO2/c1-13-3-2-9-4-8(6-12)5-10-11(9)15-7-14-10/h4-5,13H,2-3,6-7H2,1H3. The zero-order valence-corrected chi connectivity index (χ0v) is 8.68. The molecule has 0 radical (unpaired) electrons. The van der Waals surface area contributed by atoms with Gasteiger partial charge in [0, 0.05) is 0 Å². The average Bonchev–Trinajstić information content (AvgIpc) is 2.73. The lowest BCUT2D eigenvalue weighted by molar-refractivity contribution is 0.173. The summed E-state index contributed by atoms with van der Waals surface area (Å²) in [7, 11) is 1.89. The smallest absolute Gasteiger partial charge is 0.231 e. The SMILES string of the molecule is CNCCc1cc(CF)cc2c1OCO2. The van der Waals surface area contributed by atoms with Crippen LogP contribution in [0.1, 0.15) is 11.1 Å². The topological polar surface area (TPSA) is 30.5 Å². The van der Waals surface area contributed by atoms with Crippen LogP contribution in [0.5, 0.6) is 11.5 Å². The fourth-order valence-electron chi connectivity index (χ4n) is 1.67. The molecule has 0 saturated carbocycles. The van der Waals surface area contributed by atoms with Gasteiger partial charge in [-0.1, -0.05) is 0 Å². The molecule has 15 heavy (non-hydrogen) atoms. The molecule has 2 rings (SSSR count). The number of halogens is 1. The van der Waals surface area contributed by atoms with E-state index in [-0.39, 0.29) is 6.79 Å². The number of nitrogens with one attached hydrogen (secondary N) is 1. The second kappa shape index (κ2) is 4.49. The molecule has 1 aromatic carbocycles. The molecule has 82 valence electrons. The van der Waals surface area contributed by atoms with Gasteiger partial charge in [0.2, 0.25) is 6.79 Å². The molecule has 0 saturated heterocycles. The Kier molecular flexibility index (Phi) is 3.06. The summed E-state index contributed by atoms with van der Waals surface area (Å²) in [6.07, 6.45) is 0.816. The number of fused-ring (bicyclic) bond motifs is 1. The van der Waals surface area contributed by atoms with Crippen molar-refractivity contribution in [2.75, 3.05) is 20.4 Å². The molecule has 0 fully saturated rings. The van der Waals surface area contributed by atoms with Gasteiger partial charge in [-0.2, -0.15) is 0 Å². The van der Waals surface area contributed by atoms with Gasteiger partial charge in [0.15, 0.2) is 11.5 Å². The molecule has 1 aliphatic heterocycles. The first-order valence-electron chi connectivity index (χ1n) is 4.97. The van der Waals surface area contributed by atoms with E-state index >= 15 is 0 Å². The molecule has 1 aromatic rings. The number of likely N-dealkylation sites (N-methyl/N-ethyl adjacent to an activating group) is 1. The van der Waals surface area contributed by atoms with Crippen LogP contribution < -0.4 is 14.8 Å². The molecule has 0 atom stereocenters. The van der Waals surface area contributed by atoms with Gasteiger partial charge in [0.05, 0.1) is 0 Å². The number of hydrogen-bond donors (Lipinski definition) is 1. The Balaban J connectivity index is 2.30. The highest BCUT2D eigenvalue weighted by molar-refractivity contribution is 5.51. The molecule has 0 bridgehead atoms. The Labute approximate surface area is 88.2 Å². The Morgan fingerprint density at radius 1 is 1.40 bits per heavy atom. The number of hydrogen-bond acceptors (Lipinski definition) is 3.